The molecule has 7 nitrogen and oxygen atoms in total. The average Bonchev–Trinajstić information content (AvgIpc) is 3.20. The third kappa shape index (κ3) is 5.74. The van der Waals surface area contributed by atoms with Crippen LogP contribution in [0.3, 0.4) is 0 Å². The first kappa shape index (κ1) is 22.1. The highest BCUT2D eigenvalue weighted by atomic mass is 19.4. The minimum Gasteiger partial charge on any atom is -0.482 e. The van der Waals surface area contributed by atoms with Gasteiger partial charge in [-0.05, 0) is 41.8 Å². The highest BCUT2D eigenvalue weighted by Gasteiger charge is 2.29. The van der Waals surface area contributed by atoms with Gasteiger partial charge in [0.15, 0.2) is 12.4 Å². The SMILES string of the molecule is COc1cc(CNC(=O)c2cc(-c3ccc(C)c(C)c3)c(OCC(F)(F)F)cn2)on1. The number of carbonyl (C=O) groups is 1. The largest absolute Gasteiger partial charge is 0.482 e. The lowest BCUT2D eigenvalue weighted by Crippen LogP contribution is -2.24. The summed E-state index contributed by atoms with van der Waals surface area (Å²) in [5, 5.41) is 6.25. The summed E-state index contributed by atoms with van der Waals surface area (Å²) in [5.41, 5.74) is 2.92. The van der Waals surface area contributed by atoms with Crippen LogP contribution >= 0.6 is 0 Å². The Kier molecular flexibility index (Phi) is 6.47. The number of methoxy groups -OCH3 is 1. The molecule has 0 aliphatic rings. The summed E-state index contributed by atoms with van der Waals surface area (Å²) in [5.74, 6) is 0.0233. The molecule has 0 radical (unpaired) electrons. The number of amides is 1. The van der Waals surface area contributed by atoms with E-state index in [0.717, 1.165) is 17.3 Å². The normalized spacial score (nSPS) is 11.3. The summed E-state index contributed by atoms with van der Waals surface area (Å²) in [6.45, 7) is 2.37. The summed E-state index contributed by atoms with van der Waals surface area (Å²) < 4.78 is 52.8. The molecule has 0 atom stereocenters. The molecule has 0 spiro atoms. The summed E-state index contributed by atoms with van der Waals surface area (Å²) in [6.07, 6.45) is -3.39. The van der Waals surface area contributed by atoms with Gasteiger partial charge in [0.1, 0.15) is 11.4 Å². The van der Waals surface area contributed by atoms with E-state index in [1.54, 1.807) is 6.07 Å². The molecule has 0 saturated carbocycles. The van der Waals surface area contributed by atoms with Gasteiger partial charge in [0, 0.05) is 11.6 Å². The Hall–Kier alpha value is -3.56. The number of nitrogens with zero attached hydrogens (tertiary/aromatic N) is 2. The number of hydrogen-bond acceptors (Lipinski definition) is 6. The molecule has 0 unspecified atom stereocenters. The highest BCUT2D eigenvalue weighted by molar-refractivity contribution is 5.94. The van der Waals surface area contributed by atoms with Gasteiger partial charge in [0.25, 0.3) is 11.8 Å². The molecular formula is C21H20F3N3O4. The third-order valence-electron chi connectivity index (χ3n) is 4.48. The molecule has 31 heavy (non-hydrogen) atoms. The molecule has 1 amide bonds. The van der Waals surface area contributed by atoms with Gasteiger partial charge in [-0.25, -0.2) is 4.98 Å². The van der Waals surface area contributed by atoms with E-state index in [9.17, 15) is 18.0 Å². The summed E-state index contributed by atoms with van der Waals surface area (Å²) in [7, 11) is 1.43. The van der Waals surface area contributed by atoms with Crippen molar-refractivity contribution in [2.24, 2.45) is 0 Å². The topological polar surface area (TPSA) is 86.5 Å². The number of nitrogens with one attached hydrogen (secondary N) is 1. The Morgan fingerprint density at radius 1 is 1.16 bits per heavy atom. The number of rotatable bonds is 7. The number of pyridine rings is 1. The fourth-order valence-electron chi connectivity index (χ4n) is 2.71. The van der Waals surface area contributed by atoms with Crippen molar-refractivity contribution in [3.05, 3.63) is 59.1 Å². The number of alkyl halides is 3. The van der Waals surface area contributed by atoms with Crippen LogP contribution in [0, 0.1) is 13.8 Å². The van der Waals surface area contributed by atoms with Crippen molar-refractivity contribution in [3.63, 3.8) is 0 Å². The zero-order chi connectivity index (χ0) is 22.6. The van der Waals surface area contributed by atoms with E-state index in [1.165, 1.54) is 19.2 Å². The van der Waals surface area contributed by atoms with Crippen molar-refractivity contribution in [3.8, 4) is 22.8 Å². The zero-order valence-corrected chi connectivity index (χ0v) is 17.0. The lowest BCUT2D eigenvalue weighted by Gasteiger charge is -2.15. The van der Waals surface area contributed by atoms with Crippen LogP contribution in [0.2, 0.25) is 0 Å². The quantitative estimate of drug-likeness (QED) is 0.598. The summed E-state index contributed by atoms with van der Waals surface area (Å²) in [4.78, 5) is 16.5. The maximum absolute atomic E-state index is 12.7. The molecule has 3 rings (SSSR count). The summed E-state index contributed by atoms with van der Waals surface area (Å²) >= 11 is 0. The molecule has 1 aromatic carbocycles. The molecule has 0 aliphatic heterocycles. The van der Waals surface area contributed by atoms with Gasteiger partial charge in [-0.15, -0.1) is 0 Å². The van der Waals surface area contributed by atoms with Gasteiger partial charge >= 0.3 is 6.18 Å². The molecule has 0 aliphatic carbocycles. The minimum absolute atomic E-state index is 0.0130. The van der Waals surface area contributed by atoms with E-state index in [-0.39, 0.29) is 23.9 Å². The first-order valence-corrected chi connectivity index (χ1v) is 9.21. The van der Waals surface area contributed by atoms with Crippen molar-refractivity contribution in [2.75, 3.05) is 13.7 Å². The molecule has 0 saturated heterocycles. The number of halogens is 3. The molecule has 164 valence electrons. The number of carbonyl (C=O) groups excluding carboxylic acids is 1. The van der Waals surface area contributed by atoms with Crippen molar-refractivity contribution in [1.29, 1.82) is 0 Å². The molecule has 1 N–H and O–H groups in total. The minimum atomic E-state index is -4.51. The van der Waals surface area contributed by atoms with Gasteiger partial charge in [-0.3, -0.25) is 4.79 Å². The van der Waals surface area contributed by atoms with Gasteiger partial charge < -0.3 is 19.3 Å². The number of aromatic nitrogens is 2. The second-order valence-corrected chi connectivity index (χ2v) is 6.79. The molecule has 2 aromatic heterocycles. The van der Waals surface area contributed by atoms with Crippen LogP contribution in [0.15, 0.2) is 41.1 Å². The van der Waals surface area contributed by atoms with Crippen molar-refractivity contribution < 1.29 is 32.0 Å². The lowest BCUT2D eigenvalue weighted by atomic mass is 10.00. The van der Waals surface area contributed by atoms with E-state index in [1.807, 2.05) is 26.0 Å². The number of hydrogen-bond donors (Lipinski definition) is 1. The zero-order valence-electron chi connectivity index (χ0n) is 17.0. The number of aryl methyl sites for hydroxylation is 2. The van der Waals surface area contributed by atoms with Crippen molar-refractivity contribution in [1.82, 2.24) is 15.5 Å². The lowest BCUT2D eigenvalue weighted by molar-refractivity contribution is -0.153. The van der Waals surface area contributed by atoms with Crippen LogP contribution in [0.25, 0.3) is 11.1 Å². The van der Waals surface area contributed by atoms with Crippen molar-refractivity contribution in [2.45, 2.75) is 26.6 Å². The van der Waals surface area contributed by atoms with Crippen molar-refractivity contribution >= 4 is 5.91 Å². The second kappa shape index (κ2) is 9.07. The molecule has 3 aromatic rings. The van der Waals surface area contributed by atoms with E-state index in [2.05, 4.69) is 15.5 Å². The molecular weight excluding hydrogens is 415 g/mol. The van der Waals surface area contributed by atoms with Gasteiger partial charge in [-0.1, -0.05) is 18.2 Å². The van der Waals surface area contributed by atoms with Crippen LogP contribution in [0.4, 0.5) is 13.2 Å². The Balaban J connectivity index is 1.87. The van der Waals surface area contributed by atoms with Crippen LogP contribution in [0.5, 0.6) is 11.6 Å². The Labute approximate surface area is 176 Å². The molecule has 10 heteroatoms. The van der Waals surface area contributed by atoms with Crippen LogP contribution in [-0.4, -0.2) is 35.9 Å². The maximum atomic E-state index is 12.7. The maximum Gasteiger partial charge on any atom is 0.422 e. The van der Waals surface area contributed by atoms with E-state index < -0.39 is 18.7 Å². The average molecular weight is 435 g/mol. The first-order valence-electron chi connectivity index (χ1n) is 9.21. The fourth-order valence-corrected chi connectivity index (χ4v) is 2.71. The Morgan fingerprint density at radius 2 is 1.94 bits per heavy atom. The summed E-state index contributed by atoms with van der Waals surface area (Å²) in [6, 6.07) is 8.32. The van der Waals surface area contributed by atoms with E-state index >= 15 is 0 Å². The standard InChI is InChI=1S/C21H20F3N3O4/c1-12-4-5-14(6-13(12)2)16-8-17(25-10-18(16)30-11-21(22,23)24)20(28)26-9-15-7-19(29-3)27-31-15/h4-8,10H,9,11H2,1-3H3,(H,26,28). The Bertz CT molecular complexity index is 1080. The van der Waals surface area contributed by atoms with Crippen LogP contribution < -0.4 is 14.8 Å². The predicted octanol–water partition coefficient (Wildman–Crippen LogP) is 4.23. The monoisotopic (exact) mass is 435 g/mol. The first-order chi connectivity index (χ1) is 14.7. The number of benzene rings is 1. The molecule has 2 heterocycles. The second-order valence-electron chi connectivity index (χ2n) is 6.79. The Morgan fingerprint density at radius 3 is 2.58 bits per heavy atom. The smallest absolute Gasteiger partial charge is 0.422 e. The van der Waals surface area contributed by atoms with E-state index in [4.69, 9.17) is 14.0 Å². The van der Waals surface area contributed by atoms with Crippen LogP contribution in [-0.2, 0) is 6.54 Å². The van der Waals surface area contributed by atoms with Gasteiger partial charge in [0.2, 0.25) is 0 Å². The number of ether oxygens (including phenoxy) is 2. The van der Waals surface area contributed by atoms with E-state index in [0.29, 0.717) is 16.9 Å². The predicted molar refractivity (Wildman–Crippen MR) is 105 cm³/mol. The fraction of sp³-hybridized carbons (Fsp3) is 0.286. The molecule has 0 bridgehead atoms. The molecule has 0 fully saturated rings. The van der Waals surface area contributed by atoms with Crippen LogP contribution in [0.1, 0.15) is 27.4 Å². The van der Waals surface area contributed by atoms with Gasteiger partial charge in [0.05, 0.1) is 19.9 Å². The highest BCUT2D eigenvalue weighted by Crippen LogP contribution is 2.32. The third-order valence-corrected chi connectivity index (χ3v) is 4.48. The van der Waals surface area contributed by atoms with Gasteiger partial charge in [-0.2, -0.15) is 13.2 Å².